The number of thioether (sulfide) groups is 1. The Morgan fingerprint density at radius 2 is 1.55 bits per heavy atom. The third kappa shape index (κ3) is 7.57. The molecule has 2 aromatic carbocycles. The number of rotatable bonds is 11. The van der Waals surface area contributed by atoms with Gasteiger partial charge in [0.2, 0.25) is 11.8 Å². The molecule has 2 heterocycles. The predicted octanol–water partition coefficient (Wildman–Crippen LogP) is 5.38. The van der Waals surface area contributed by atoms with E-state index in [1.54, 1.807) is 50.3 Å². The largest absolute Gasteiger partial charge is 0.497 e. The van der Waals surface area contributed by atoms with E-state index in [1.807, 2.05) is 49.6 Å². The molecule has 4 rings (SSSR count). The van der Waals surface area contributed by atoms with Crippen molar-refractivity contribution in [2.45, 2.75) is 38.5 Å². The Morgan fingerprint density at radius 3 is 2.15 bits per heavy atom. The van der Waals surface area contributed by atoms with Gasteiger partial charge in [-0.2, -0.15) is 0 Å². The van der Waals surface area contributed by atoms with Gasteiger partial charge in [-0.15, -0.1) is 11.3 Å². The fourth-order valence-corrected chi connectivity index (χ4v) is 5.53. The monoisotopic (exact) mass is 577 g/mol. The Morgan fingerprint density at radius 1 is 0.950 bits per heavy atom. The lowest BCUT2D eigenvalue weighted by atomic mass is 10.2. The first-order valence-corrected chi connectivity index (χ1v) is 14.4. The molecule has 40 heavy (non-hydrogen) atoms. The maximum atomic E-state index is 13.5. The summed E-state index contributed by atoms with van der Waals surface area (Å²) in [5, 5.41) is 6.08. The highest BCUT2D eigenvalue weighted by Gasteiger charge is 2.27. The van der Waals surface area contributed by atoms with Gasteiger partial charge in [0.25, 0.3) is 0 Å². The first-order valence-electron chi connectivity index (χ1n) is 12.5. The average Bonchev–Trinajstić information content (AvgIpc) is 3.43. The van der Waals surface area contributed by atoms with Crippen molar-refractivity contribution in [1.82, 2.24) is 19.9 Å². The van der Waals surface area contributed by atoms with Gasteiger partial charge in [0.1, 0.15) is 22.5 Å². The molecule has 2 aromatic heterocycles. The van der Waals surface area contributed by atoms with E-state index in [1.165, 1.54) is 23.1 Å². The van der Waals surface area contributed by atoms with Gasteiger partial charge in [-0.1, -0.05) is 11.8 Å². The van der Waals surface area contributed by atoms with E-state index in [4.69, 9.17) is 14.5 Å². The third-order valence-corrected chi connectivity index (χ3v) is 7.72. The summed E-state index contributed by atoms with van der Waals surface area (Å²) >= 11 is 2.69. The number of aromatic nitrogens is 3. The molecule has 0 radical (unpaired) electrons. The van der Waals surface area contributed by atoms with Crippen molar-refractivity contribution in [2.24, 2.45) is 0 Å². The van der Waals surface area contributed by atoms with Gasteiger partial charge in [-0.05, 0) is 75.4 Å². The number of thiazole rings is 1. The van der Waals surface area contributed by atoms with Crippen LogP contribution in [0, 0.1) is 13.8 Å². The number of amides is 2. The highest BCUT2D eigenvalue weighted by molar-refractivity contribution is 7.99. The Bertz CT molecular complexity index is 1440. The van der Waals surface area contributed by atoms with E-state index < -0.39 is 6.04 Å². The van der Waals surface area contributed by atoms with Crippen LogP contribution in [-0.4, -0.2) is 57.7 Å². The van der Waals surface area contributed by atoms with Crippen molar-refractivity contribution in [3.63, 3.8) is 0 Å². The number of nitrogens with zero attached hydrogens (tertiary/aromatic N) is 4. The molecule has 0 bridgehead atoms. The van der Waals surface area contributed by atoms with Crippen LogP contribution in [0.4, 0.5) is 5.69 Å². The summed E-state index contributed by atoms with van der Waals surface area (Å²) < 4.78 is 10.4. The summed E-state index contributed by atoms with van der Waals surface area (Å²) in [7, 11) is 3.21. The van der Waals surface area contributed by atoms with Gasteiger partial charge in [0.15, 0.2) is 5.16 Å². The third-order valence-electron chi connectivity index (χ3n) is 6.05. The predicted molar refractivity (Wildman–Crippen MR) is 158 cm³/mol. The van der Waals surface area contributed by atoms with Crippen molar-refractivity contribution in [1.29, 1.82) is 0 Å². The molecule has 2 amide bonds. The second kappa shape index (κ2) is 13.4. The molecule has 0 saturated carbocycles. The molecule has 0 fully saturated rings. The average molecular weight is 578 g/mol. The smallest absolute Gasteiger partial charge is 0.246 e. The molecule has 0 spiro atoms. The van der Waals surface area contributed by atoms with Crippen molar-refractivity contribution in [3.05, 3.63) is 76.4 Å². The standard InChI is InChI=1S/C29H31N5O4S2/c1-18-14-19(2)31-29(30-18)40-17-27(35)34(20(3)28(36)32-22-8-12-24(38-5)13-9-22)15-26-33-25(16-39-26)21-6-10-23(37-4)11-7-21/h6-14,16,20H,15,17H2,1-5H3,(H,32,36). The molecule has 0 aliphatic heterocycles. The van der Waals surface area contributed by atoms with E-state index in [2.05, 4.69) is 15.3 Å². The zero-order valence-corrected chi connectivity index (χ0v) is 24.6. The van der Waals surface area contributed by atoms with Crippen LogP contribution in [-0.2, 0) is 16.1 Å². The molecule has 4 aromatic rings. The van der Waals surface area contributed by atoms with Crippen molar-refractivity contribution in [3.8, 4) is 22.8 Å². The van der Waals surface area contributed by atoms with Gasteiger partial charge in [-0.25, -0.2) is 15.0 Å². The van der Waals surface area contributed by atoms with Crippen molar-refractivity contribution >= 4 is 40.6 Å². The van der Waals surface area contributed by atoms with E-state index in [0.29, 0.717) is 16.6 Å². The van der Waals surface area contributed by atoms with Crippen LogP contribution in [0.2, 0.25) is 0 Å². The van der Waals surface area contributed by atoms with Crippen LogP contribution in [0.25, 0.3) is 11.3 Å². The van der Waals surface area contributed by atoms with Gasteiger partial charge in [-0.3, -0.25) is 9.59 Å². The number of anilines is 1. The topological polar surface area (TPSA) is 107 Å². The van der Waals surface area contributed by atoms with Gasteiger partial charge >= 0.3 is 0 Å². The molecule has 0 aliphatic carbocycles. The lowest BCUT2D eigenvalue weighted by molar-refractivity contribution is -0.136. The zero-order chi connectivity index (χ0) is 28.6. The summed E-state index contributed by atoms with van der Waals surface area (Å²) in [5.41, 5.74) is 4.01. The summed E-state index contributed by atoms with van der Waals surface area (Å²) in [5.74, 6) is 1.01. The summed E-state index contributed by atoms with van der Waals surface area (Å²) in [4.78, 5) is 41.9. The Hall–Kier alpha value is -3.96. The Labute approximate surface area is 242 Å². The summed E-state index contributed by atoms with van der Waals surface area (Å²) in [6.07, 6.45) is 0. The van der Waals surface area contributed by atoms with E-state index in [0.717, 1.165) is 33.4 Å². The van der Waals surface area contributed by atoms with Crippen molar-refractivity contribution < 1.29 is 19.1 Å². The molecule has 0 saturated heterocycles. The van der Waals surface area contributed by atoms with Gasteiger partial charge in [0.05, 0.1) is 32.2 Å². The number of methoxy groups -OCH3 is 2. The second-order valence-electron chi connectivity index (χ2n) is 8.99. The SMILES string of the molecule is COc1ccc(NC(=O)C(C)N(Cc2nc(-c3ccc(OC)cc3)cs2)C(=O)CSc2nc(C)cc(C)n2)cc1. The lowest BCUT2D eigenvalue weighted by Gasteiger charge is -2.27. The number of hydrogen-bond donors (Lipinski definition) is 1. The Balaban J connectivity index is 1.52. The van der Waals surface area contributed by atoms with Crippen LogP contribution in [0.5, 0.6) is 11.5 Å². The van der Waals surface area contributed by atoms with Crippen LogP contribution in [0.1, 0.15) is 23.3 Å². The Kier molecular flexibility index (Phi) is 9.73. The maximum Gasteiger partial charge on any atom is 0.246 e. The normalized spacial score (nSPS) is 11.5. The number of carbonyl (C=O) groups is 2. The molecule has 208 valence electrons. The first-order chi connectivity index (χ1) is 19.2. The number of aryl methyl sites for hydroxylation is 2. The minimum Gasteiger partial charge on any atom is -0.497 e. The van der Waals surface area contributed by atoms with Crippen LogP contribution in [0.3, 0.4) is 0 Å². The fraction of sp³-hybridized carbons (Fsp3) is 0.276. The number of carbonyl (C=O) groups excluding carboxylic acids is 2. The molecule has 1 unspecified atom stereocenters. The molecule has 9 nitrogen and oxygen atoms in total. The van der Waals surface area contributed by atoms with Crippen LogP contribution in [0.15, 0.2) is 65.1 Å². The number of hydrogen-bond acceptors (Lipinski definition) is 9. The minimum absolute atomic E-state index is 0.0831. The molecule has 0 aliphatic rings. The van der Waals surface area contributed by atoms with E-state index in [9.17, 15) is 9.59 Å². The molecular weight excluding hydrogens is 546 g/mol. The molecule has 11 heteroatoms. The highest BCUT2D eigenvalue weighted by Crippen LogP contribution is 2.26. The van der Waals surface area contributed by atoms with E-state index >= 15 is 0 Å². The van der Waals surface area contributed by atoms with Crippen LogP contribution < -0.4 is 14.8 Å². The van der Waals surface area contributed by atoms with Crippen LogP contribution >= 0.6 is 23.1 Å². The lowest BCUT2D eigenvalue weighted by Crippen LogP contribution is -2.46. The highest BCUT2D eigenvalue weighted by atomic mass is 32.2. The number of benzene rings is 2. The quantitative estimate of drug-likeness (QED) is 0.187. The number of nitrogens with one attached hydrogen (secondary N) is 1. The first kappa shape index (κ1) is 29.0. The fourth-order valence-electron chi connectivity index (χ4n) is 3.89. The maximum absolute atomic E-state index is 13.5. The summed E-state index contributed by atoms with van der Waals surface area (Å²) in [6.45, 7) is 5.68. The van der Waals surface area contributed by atoms with Gasteiger partial charge in [0, 0.05) is 28.0 Å². The van der Waals surface area contributed by atoms with Gasteiger partial charge < -0.3 is 19.7 Å². The second-order valence-corrected chi connectivity index (χ2v) is 10.9. The van der Waals surface area contributed by atoms with Crippen molar-refractivity contribution in [2.75, 3.05) is 25.3 Å². The molecule has 1 atom stereocenters. The molecule has 1 N–H and O–H groups in total. The molecular formula is C29H31N5O4S2. The number of ether oxygens (including phenoxy) is 2. The van der Waals surface area contributed by atoms with E-state index in [-0.39, 0.29) is 24.1 Å². The zero-order valence-electron chi connectivity index (χ0n) is 23.0. The summed E-state index contributed by atoms with van der Waals surface area (Å²) in [6, 6.07) is 15.8. The minimum atomic E-state index is -0.760.